The predicted molar refractivity (Wildman–Crippen MR) is 73.1 cm³/mol. The summed E-state index contributed by atoms with van der Waals surface area (Å²) in [7, 11) is 0. The molecule has 2 rings (SSSR count). The summed E-state index contributed by atoms with van der Waals surface area (Å²) in [6.07, 6.45) is 1.27. The Labute approximate surface area is 113 Å². The van der Waals surface area contributed by atoms with Crippen molar-refractivity contribution in [2.75, 3.05) is 0 Å². The van der Waals surface area contributed by atoms with Crippen LogP contribution in [-0.2, 0) is 0 Å². The van der Waals surface area contributed by atoms with E-state index < -0.39 is 6.10 Å². The van der Waals surface area contributed by atoms with Crippen LogP contribution < -0.4 is 0 Å². The van der Waals surface area contributed by atoms with Crippen LogP contribution in [-0.4, -0.2) is 10.1 Å². The van der Waals surface area contributed by atoms with Crippen molar-refractivity contribution in [3.8, 4) is 0 Å². The molecule has 0 unspecified atom stereocenters. The molecule has 1 N–H and O–H groups in total. The van der Waals surface area contributed by atoms with Gasteiger partial charge in [-0.05, 0) is 43.3 Å². The van der Waals surface area contributed by atoms with Gasteiger partial charge in [0.25, 0.3) is 0 Å². The van der Waals surface area contributed by atoms with Crippen LogP contribution >= 0.6 is 27.7 Å². The van der Waals surface area contributed by atoms with Crippen molar-refractivity contribution < 1.29 is 5.11 Å². The quantitative estimate of drug-likeness (QED) is 0.928. The maximum atomic E-state index is 9.36. The van der Waals surface area contributed by atoms with Crippen LogP contribution in [0.25, 0.3) is 0 Å². The Hall–Kier alpha value is -0.840. The van der Waals surface area contributed by atoms with Crippen LogP contribution in [0.1, 0.15) is 18.7 Å². The molecule has 88 valence electrons. The van der Waals surface area contributed by atoms with Gasteiger partial charge in [0.2, 0.25) is 0 Å². The number of rotatable bonds is 3. The molecule has 0 radical (unpaired) electrons. The lowest BCUT2D eigenvalue weighted by Gasteiger charge is -2.05. The topological polar surface area (TPSA) is 33.1 Å². The maximum absolute atomic E-state index is 9.36. The van der Waals surface area contributed by atoms with Gasteiger partial charge in [0.15, 0.2) is 0 Å². The van der Waals surface area contributed by atoms with E-state index in [4.69, 9.17) is 0 Å². The Morgan fingerprint density at radius 3 is 2.29 bits per heavy atom. The molecule has 0 aliphatic rings. The van der Waals surface area contributed by atoms with Crippen molar-refractivity contribution in [1.29, 1.82) is 0 Å². The Morgan fingerprint density at radius 2 is 1.76 bits per heavy atom. The number of aliphatic hydroxyl groups excluding tert-OH is 1. The van der Waals surface area contributed by atoms with E-state index in [-0.39, 0.29) is 0 Å². The second-order valence-corrected chi connectivity index (χ2v) is 5.71. The molecule has 1 atom stereocenters. The van der Waals surface area contributed by atoms with Crippen molar-refractivity contribution >= 4 is 27.7 Å². The Kier molecular flexibility index (Phi) is 4.20. The summed E-state index contributed by atoms with van der Waals surface area (Å²) in [4.78, 5) is 6.44. The Bertz CT molecular complexity index is 482. The van der Waals surface area contributed by atoms with Gasteiger partial charge < -0.3 is 5.11 Å². The number of nitrogens with zero attached hydrogens (tertiary/aromatic N) is 1. The second kappa shape index (κ2) is 5.67. The normalized spacial score (nSPS) is 12.4. The lowest BCUT2D eigenvalue weighted by atomic mass is 10.2. The average molecular weight is 310 g/mol. The van der Waals surface area contributed by atoms with E-state index in [1.807, 2.05) is 24.3 Å². The summed E-state index contributed by atoms with van der Waals surface area (Å²) in [5.41, 5.74) is 0.699. The molecule has 0 bridgehead atoms. The zero-order valence-electron chi connectivity index (χ0n) is 9.30. The maximum Gasteiger partial charge on any atom is 0.0931 e. The minimum Gasteiger partial charge on any atom is -0.387 e. The summed E-state index contributed by atoms with van der Waals surface area (Å²) in [6.45, 7) is 1.71. The van der Waals surface area contributed by atoms with Crippen LogP contribution in [0.2, 0.25) is 0 Å². The first-order valence-corrected chi connectivity index (χ1v) is 6.83. The smallest absolute Gasteiger partial charge is 0.0931 e. The predicted octanol–water partition coefficient (Wildman–Crippen LogP) is 4.05. The zero-order valence-corrected chi connectivity index (χ0v) is 11.7. The molecule has 0 spiro atoms. The summed E-state index contributed by atoms with van der Waals surface area (Å²) in [6, 6.07) is 12.0. The van der Waals surface area contributed by atoms with Crippen molar-refractivity contribution in [3.05, 3.63) is 52.8 Å². The summed E-state index contributed by atoms with van der Waals surface area (Å²) in [5, 5.41) is 9.36. The molecule has 4 heteroatoms. The number of halogens is 1. The highest BCUT2D eigenvalue weighted by Crippen LogP contribution is 2.28. The molecular formula is C13H12BrNOS. The third-order valence-corrected chi connectivity index (χ3v) is 3.75. The molecule has 0 fully saturated rings. The van der Waals surface area contributed by atoms with Gasteiger partial charge in [-0.25, -0.2) is 0 Å². The van der Waals surface area contributed by atoms with Crippen LogP contribution in [0.5, 0.6) is 0 Å². The van der Waals surface area contributed by atoms with Gasteiger partial charge in [-0.1, -0.05) is 27.7 Å². The third-order valence-electron chi connectivity index (χ3n) is 2.24. The number of hydrogen-bond acceptors (Lipinski definition) is 3. The number of aromatic nitrogens is 1. The molecule has 2 aromatic rings. The number of hydrogen-bond donors (Lipinski definition) is 1. The molecule has 0 aliphatic heterocycles. The van der Waals surface area contributed by atoms with Gasteiger partial charge in [-0.2, -0.15) is 0 Å². The van der Waals surface area contributed by atoms with E-state index in [1.54, 1.807) is 24.9 Å². The zero-order chi connectivity index (χ0) is 12.3. The molecule has 0 aliphatic carbocycles. The molecule has 0 saturated heterocycles. The largest absolute Gasteiger partial charge is 0.387 e. The van der Waals surface area contributed by atoms with Crippen LogP contribution in [0.4, 0.5) is 0 Å². The molecule has 1 aromatic carbocycles. The summed E-state index contributed by atoms with van der Waals surface area (Å²) >= 11 is 5.06. The van der Waals surface area contributed by atoms with Crippen molar-refractivity contribution in [2.45, 2.75) is 22.8 Å². The second-order valence-electron chi connectivity index (χ2n) is 3.65. The fourth-order valence-electron chi connectivity index (χ4n) is 1.34. The summed E-state index contributed by atoms with van der Waals surface area (Å²) < 4.78 is 1.07. The van der Waals surface area contributed by atoms with E-state index in [2.05, 4.69) is 33.0 Å². The Morgan fingerprint density at radius 1 is 1.12 bits per heavy atom. The third kappa shape index (κ3) is 3.56. The van der Waals surface area contributed by atoms with E-state index in [1.165, 1.54) is 4.90 Å². The number of pyridine rings is 1. The van der Waals surface area contributed by atoms with Crippen LogP contribution in [0.15, 0.2) is 56.9 Å². The van der Waals surface area contributed by atoms with E-state index in [0.717, 1.165) is 9.37 Å². The lowest BCUT2D eigenvalue weighted by molar-refractivity contribution is 0.194. The molecule has 2 nitrogen and oxygen atoms in total. The van der Waals surface area contributed by atoms with Crippen molar-refractivity contribution in [2.24, 2.45) is 0 Å². The highest BCUT2D eigenvalue weighted by atomic mass is 79.9. The van der Waals surface area contributed by atoms with E-state index in [0.29, 0.717) is 5.69 Å². The standard InChI is InChI=1S/C13H12BrNOS/c1-9(16)13-7-6-12(8-15-13)17-11-4-2-10(14)3-5-11/h2-9,16H,1H3/t9-/m1/s1. The SMILES string of the molecule is C[C@@H](O)c1ccc(Sc2ccc(Br)cc2)cn1. The highest BCUT2D eigenvalue weighted by molar-refractivity contribution is 9.10. The minimum atomic E-state index is -0.512. The first-order valence-electron chi connectivity index (χ1n) is 5.22. The number of benzene rings is 1. The van der Waals surface area contributed by atoms with Gasteiger partial charge >= 0.3 is 0 Å². The van der Waals surface area contributed by atoms with Gasteiger partial charge in [0, 0.05) is 20.5 Å². The molecule has 17 heavy (non-hydrogen) atoms. The first kappa shape index (κ1) is 12.6. The van der Waals surface area contributed by atoms with E-state index >= 15 is 0 Å². The molecular weight excluding hydrogens is 298 g/mol. The minimum absolute atomic E-state index is 0.512. The van der Waals surface area contributed by atoms with Gasteiger partial charge in [0.05, 0.1) is 11.8 Å². The van der Waals surface area contributed by atoms with Gasteiger partial charge in [-0.3, -0.25) is 4.98 Å². The summed E-state index contributed by atoms with van der Waals surface area (Å²) in [5.74, 6) is 0. The Balaban J connectivity index is 2.11. The van der Waals surface area contributed by atoms with Crippen LogP contribution in [0.3, 0.4) is 0 Å². The molecule has 1 heterocycles. The fraction of sp³-hybridized carbons (Fsp3) is 0.154. The van der Waals surface area contributed by atoms with E-state index in [9.17, 15) is 5.11 Å². The molecule has 0 saturated carbocycles. The first-order chi connectivity index (χ1) is 8.15. The monoisotopic (exact) mass is 309 g/mol. The molecule has 1 aromatic heterocycles. The van der Waals surface area contributed by atoms with Crippen molar-refractivity contribution in [3.63, 3.8) is 0 Å². The van der Waals surface area contributed by atoms with Gasteiger partial charge in [-0.15, -0.1) is 0 Å². The lowest BCUT2D eigenvalue weighted by Crippen LogP contribution is -1.94. The van der Waals surface area contributed by atoms with Gasteiger partial charge in [0.1, 0.15) is 0 Å². The fourth-order valence-corrected chi connectivity index (χ4v) is 2.39. The average Bonchev–Trinajstić information content (AvgIpc) is 2.33. The van der Waals surface area contributed by atoms with Crippen LogP contribution in [0, 0.1) is 0 Å². The molecule has 0 amide bonds. The number of aliphatic hydroxyl groups is 1. The highest BCUT2D eigenvalue weighted by Gasteiger charge is 2.03. The van der Waals surface area contributed by atoms with Crippen molar-refractivity contribution in [1.82, 2.24) is 4.98 Å².